The highest BCUT2D eigenvalue weighted by Gasteiger charge is 2.42. The number of nitrogens with zero attached hydrogens (tertiary/aromatic N) is 1. The van der Waals surface area contributed by atoms with Gasteiger partial charge in [0.15, 0.2) is 0 Å². The van der Waals surface area contributed by atoms with Gasteiger partial charge in [-0.2, -0.15) is 0 Å². The molecule has 1 heterocycles. The molecule has 2 amide bonds. The zero-order chi connectivity index (χ0) is 20.4. The maximum Gasteiger partial charge on any atom is 0.226 e. The molecule has 1 aromatic carbocycles. The predicted molar refractivity (Wildman–Crippen MR) is 110 cm³/mol. The Labute approximate surface area is 168 Å². The Morgan fingerprint density at radius 2 is 1.86 bits per heavy atom. The predicted octanol–water partition coefficient (Wildman–Crippen LogP) is 3.09. The molecule has 2 fully saturated rings. The Morgan fingerprint density at radius 1 is 1.18 bits per heavy atom. The molecule has 2 N–H and O–H groups in total. The number of β-amino-alcohol motifs (C(OH)–C–C–N with tert-alkyl or cyclic N) is 1. The van der Waals surface area contributed by atoms with Crippen LogP contribution in [0.5, 0.6) is 0 Å². The summed E-state index contributed by atoms with van der Waals surface area (Å²) in [6.45, 7) is 7.32. The van der Waals surface area contributed by atoms with Crippen LogP contribution < -0.4 is 5.32 Å². The minimum atomic E-state index is -1.02. The van der Waals surface area contributed by atoms with E-state index >= 15 is 0 Å². The number of hydrogen-bond acceptors (Lipinski definition) is 3. The summed E-state index contributed by atoms with van der Waals surface area (Å²) < 4.78 is 0. The second-order valence-electron chi connectivity index (χ2n) is 9.35. The van der Waals surface area contributed by atoms with Crippen LogP contribution in [-0.2, 0) is 9.59 Å². The van der Waals surface area contributed by atoms with Crippen molar-refractivity contribution in [2.24, 2.45) is 11.3 Å². The lowest BCUT2D eigenvalue weighted by atomic mass is 9.70. The fraction of sp³-hybridized carbons (Fsp3) is 0.652. The van der Waals surface area contributed by atoms with Crippen LogP contribution in [0.15, 0.2) is 30.3 Å². The standard InChI is InChI=1S/C23H34N2O3/c1-17(2)19(18-8-5-4-6-9-18)14-20(26)25-13-12-23(28,16-25)15-24-21(27)22(3)10-7-11-22/h4-6,8-9,17,19,28H,7,10-16H2,1-3H3,(H,24,27). The highest BCUT2D eigenvalue weighted by Crippen LogP contribution is 2.40. The quantitative estimate of drug-likeness (QED) is 0.757. The molecule has 154 valence electrons. The first kappa shape index (κ1) is 20.8. The third kappa shape index (κ3) is 4.57. The van der Waals surface area contributed by atoms with Crippen molar-refractivity contribution in [3.63, 3.8) is 0 Å². The highest BCUT2D eigenvalue weighted by atomic mass is 16.3. The number of nitrogens with one attached hydrogen (secondary N) is 1. The molecule has 0 aromatic heterocycles. The summed E-state index contributed by atoms with van der Waals surface area (Å²) in [6.07, 6.45) is 3.88. The number of amides is 2. The van der Waals surface area contributed by atoms with E-state index in [-0.39, 0.29) is 29.7 Å². The van der Waals surface area contributed by atoms with Gasteiger partial charge in [0.2, 0.25) is 11.8 Å². The van der Waals surface area contributed by atoms with Crippen molar-refractivity contribution in [2.75, 3.05) is 19.6 Å². The van der Waals surface area contributed by atoms with Gasteiger partial charge in [0.05, 0.1) is 6.54 Å². The van der Waals surface area contributed by atoms with Gasteiger partial charge in [0.1, 0.15) is 5.60 Å². The molecule has 2 unspecified atom stereocenters. The third-order valence-electron chi connectivity index (χ3n) is 6.70. The Balaban J connectivity index is 1.54. The summed E-state index contributed by atoms with van der Waals surface area (Å²) in [7, 11) is 0. The van der Waals surface area contributed by atoms with Gasteiger partial charge in [-0.1, -0.05) is 57.5 Å². The van der Waals surface area contributed by atoms with E-state index in [2.05, 4.69) is 31.3 Å². The van der Waals surface area contributed by atoms with Gasteiger partial charge >= 0.3 is 0 Å². The summed E-state index contributed by atoms with van der Waals surface area (Å²) >= 11 is 0. The van der Waals surface area contributed by atoms with Crippen molar-refractivity contribution in [2.45, 2.75) is 64.4 Å². The summed E-state index contributed by atoms with van der Waals surface area (Å²) in [5.41, 5.74) is -0.114. The summed E-state index contributed by atoms with van der Waals surface area (Å²) in [4.78, 5) is 27.0. The average molecular weight is 387 g/mol. The van der Waals surface area contributed by atoms with E-state index in [4.69, 9.17) is 0 Å². The lowest BCUT2D eigenvalue weighted by molar-refractivity contribution is -0.135. The average Bonchev–Trinajstić information content (AvgIpc) is 3.05. The van der Waals surface area contributed by atoms with Gasteiger partial charge in [-0.05, 0) is 36.7 Å². The van der Waals surface area contributed by atoms with E-state index in [1.807, 2.05) is 25.1 Å². The molecular formula is C23H34N2O3. The maximum absolute atomic E-state index is 12.9. The maximum atomic E-state index is 12.9. The summed E-state index contributed by atoms with van der Waals surface area (Å²) in [5.74, 6) is 0.632. The molecule has 1 aromatic rings. The number of aliphatic hydroxyl groups is 1. The number of benzene rings is 1. The van der Waals surface area contributed by atoms with Crippen molar-refractivity contribution < 1.29 is 14.7 Å². The fourth-order valence-corrected chi connectivity index (χ4v) is 4.36. The van der Waals surface area contributed by atoms with E-state index in [1.54, 1.807) is 4.90 Å². The van der Waals surface area contributed by atoms with Crippen LogP contribution in [0.3, 0.4) is 0 Å². The van der Waals surface area contributed by atoms with Crippen LogP contribution in [0, 0.1) is 11.3 Å². The van der Waals surface area contributed by atoms with Crippen molar-refractivity contribution in [1.29, 1.82) is 0 Å². The zero-order valence-electron chi connectivity index (χ0n) is 17.4. The van der Waals surface area contributed by atoms with Crippen molar-refractivity contribution in [3.05, 3.63) is 35.9 Å². The summed E-state index contributed by atoms with van der Waals surface area (Å²) in [5, 5.41) is 13.8. The molecule has 2 aliphatic rings. The summed E-state index contributed by atoms with van der Waals surface area (Å²) in [6, 6.07) is 10.2. The molecule has 0 bridgehead atoms. The van der Waals surface area contributed by atoms with Crippen LogP contribution in [-0.4, -0.2) is 47.1 Å². The van der Waals surface area contributed by atoms with E-state index in [1.165, 1.54) is 5.56 Å². The Kier molecular flexibility index (Phi) is 6.13. The molecule has 5 nitrogen and oxygen atoms in total. The molecule has 1 aliphatic carbocycles. The number of hydrogen-bond donors (Lipinski definition) is 2. The molecule has 0 radical (unpaired) electrons. The topological polar surface area (TPSA) is 69.6 Å². The second kappa shape index (κ2) is 8.24. The van der Waals surface area contributed by atoms with Crippen LogP contribution >= 0.6 is 0 Å². The van der Waals surface area contributed by atoms with Gasteiger partial charge in [-0.15, -0.1) is 0 Å². The molecule has 1 saturated heterocycles. The molecule has 1 aliphatic heterocycles. The van der Waals surface area contributed by atoms with Crippen LogP contribution in [0.4, 0.5) is 0 Å². The first-order valence-corrected chi connectivity index (χ1v) is 10.6. The SMILES string of the molecule is CC(C)C(CC(=O)N1CCC(O)(CNC(=O)C2(C)CCC2)C1)c1ccccc1. The molecule has 0 spiro atoms. The molecule has 1 saturated carbocycles. The van der Waals surface area contributed by atoms with Gasteiger partial charge in [0.25, 0.3) is 0 Å². The molecular weight excluding hydrogens is 352 g/mol. The van der Waals surface area contributed by atoms with E-state index < -0.39 is 5.60 Å². The van der Waals surface area contributed by atoms with E-state index in [0.29, 0.717) is 31.8 Å². The normalized spacial score (nSPS) is 24.7. The fourth-order valence-electron chi connectivity index (χ4n) is 4.36. The molecule has 5 heteroatoms. The first-order chi connectivity index (χ1) is 13.2. The number of rotatable bonds is 7. The van der Waals surface area contributed by atoms with Gasteiger partial charge < -0.3 is 15.3 Å². The lowest BCUT2D eigenvalue weighted by Gasteiger charge is -2.37. The Morgan fingerprint density at radius 3 is 2.43 bits per heavy atom. The van der Waals surface area contributed by atoms with Crippen molar-refractivity contribution >= 4 is 11.8 Å². The van der Waals surface area contributed by atoms with Gasteiger partial charge in [-0.25, -0.2) is 0 Å². The van der Waals surface area contributed by atoms with Crippen LogP contribution in [0.2, 0.25) is 0 Å². The minimum Gasteiger partial charge on any atom is -0.386 e. The Bertz CT molecular complexity index is 699. The number of carbonyl (C=O) groups is 2. The molecule has 2 atom stereocenters. The van der Waals surface area contributed by atoms with Crippen molar-refractivity contribution in [1.82, 2.24) is 10.2 Å². The second-order valence-corrected chi connectivity index (χ2v) is 9.35. The number of likely N-dealkylation sites (tertiary alicyclic amines) is 1. The van der Waals surface area contributed by atoms with Crippen LogP contribution in [0.1, 0.15) is 64.4 Å². The van der Waals surface area contributed by atoms with Crippen molar-refractivity contribution in [3.8, 4) is 0 Å². The number of carbonyl (C=O) groups excluding carboxylic acids is 2. The lowest BCUT2D eigenvalue weighted by Crippen LogP contribution is -2.50. The van der Waals surface area contributed by atoms with E-state index in [0.717, 1.165) is 19.3 Å². The highest BCUT2D eigenvalue weighted by molar-refractivity contribution is 5.83. The van der Waals surface area contributed by atoms with Gasteiger partial charge in [-0.3, -0.25) is 9.59 Å². The smallest absolute Gasteiger partial charge is 0.226 e. The molecule has 28 heavy (non-hydrogen) atoms. The van der Waals surface area contributed by atoms with Crippen LogP contribution in [0.25, 0.3) is 0 Å². The Hall–Kier alpha value is -1.88. The minimum absolute atomic E-state index is 0.0286. The first-order valence-electron chi connectivity index (χ1n) is 10.6. The zero-order valence-corrected chi connectivity index (χ0v) is 17.4. The molecule has 3 rings (SSSR count). The van der Waals surface area contributed by atoms with Gasteiger partial charge in [0, 0.05) is 24.9 Å². The largest absolute Gasteiger partial charge is 0.386 e. The third-order valence-corrected chi connectivity index (χ3v) is 6.70. The monoisotopic (exact) mass is 386 g/mol. The van der Waals surface area contributed by atoms with E-state index in [9.17, 15) is 14.7 Å².